The number of carbonyl (C=O) groups excluding carboxylic acids is 1. The number of benzene rings is 1. The number of likely N-dealkylation sites (tertiary alicyclic amines) is 1. The molecule has 1 saturated heterocycles. The second kappa shape index (κ2) is 6.29. The minimum absolute atomic E-state index is 0. The molecule has 19 heavy (non-hydrogen) atoms. The molecule has 4 heteroatoms. The summed E-state index contributed by atoms with van der Waals surface area (Å²) in [5.41, 5.74) is 7.49. The minimum Gasteiger partial charge on any atom is -0.399 e. The van der Waals surface area contributed by atoms with Gasteiger partial charge in [-0.15, -0.1) is 12.4 Å². The van der Waals surface area contributed by atoms with Crippen molar-refractivity contribution in [2.75, 3.05) is 18.8 Å². The van der Waals surface area contributed by atoms with Crippen LogP contribution < -0.4 is 5.73 Å². The van der Waals surface area contributed by atoms with Crippen LogP contribution in [0.4, 0.5) is 5.69 Å². The van der Waals surface area contributed by atoms with E-state index in [2.05, 4.69) is 13.8 Å². The maximum Gasteiger partial charge on any atom is 0.253 e. The molecule has 0 bridgehead atoms. The Bertz CT molecular complexity index is 422. The topological polar surface area (TPSA) is 46.3 Å². The highest BCUT2D eigenvalue weighted by Crippen LogP contribution is 2.34. The third-order valence-electron chi connectivity index (χ3n) is 4.27. The van der Waals surface area contributed by atoms with Gasteiger partial charge in [-0.3, -0.25) is 4.79 Å². The number of halogens is 1. The predicted molar refractivity (Wildman–Crippen MR) is 81.6 cm³/mol. The van der Waals surface area contributed by atoms with E-state index in [1.165, 1.54) is 6.42 Å². The van der Waals surface area contributed by atoms with Gasteiger partial charge in [-0.2, -0.15) is 0 Å². The Balaban J connectivity index is 0.00000180. The number of anilines is 1. The fourth-order valence-electron chi connectivity index (χ4n) is 2.41. The molecule has 1 heterocycles. The molecule has 0 spiro atoms. The molecular formula is C15H23ClN2O. The normalized spacial score (nSPS) is 17.7. The first-order valence-electron chi connectivity index (χ1n) is 6.69. The fraction of sp³-hybridized carbons (Fsp3) is 0.533. The van der Waals surface area contributed by atoms with Crippen LogP contribution in [-0.2, 0) is 0 Å². The van der Waals surface area contributed by atoms with Gasteiger partial charge in [0.1, 0.15) is 0 Å². The van der Waals surface area contributed by atoms with Crippen molar-refractivity contribution in [3.05, 3.63) is 29.8 Å². The van der Waals surface area contributed by atoms with E-state index < -0.39 is 0 Å². The first-order chi connectivity index (χ1) is 8.54. The summed E-state index contributed by atoms with van der Waals surface area (Å²) in [5, 5.41) is 0. The summed E-state index contributed by atoms with van der Waals surface area (Å²) >= 11 is 0. The molecule has 2 rings (SSSR count). The van der Waals surface area contributed by atoms with Gasteiger partial charge < -0.3 is 10.6 Å². The van der Waals surface area contributed by atoms with Crippen molar-refractivity contribution in [1.29, 1.82) is 0 Å². The van der Waals surface area contributed by atoms with Gasteiger partial charge in [0.2, 0.25) is 0 Å². The van der Waals surface area contributed by atoms with Crippen LogP contribution in [0.3, 0.4) is 0 Å². The van der Waals surface area contributed by atoms with Gasteiger partial charge in [0.15, 0.2) is 0 Å². The summed E-state index contributed by atoms with van der Waals surface area (Å²) in [7, 11) is 0. The van der Waals surface area contributed by atoms with Crippen LogP contribution in [-0.4, -0.2) is 23.9 Å². The number of nitrogens with two attached hydrogens (primary N) is 1. The molecule has 0 radical (unpaired) electrons. The summed E-state index contributed by atoms with van der Waals surface area (Å²) in [6, 6.07) is 7.19. The summed E-state index contributed by atoms with van der Waals surface area (Å²) in [4.78, 5) is 14.3. The van der Waals surface area contributed by atoms with Crippen molar-refractivity contribution in [3.63, 3.8) is 0 Å². The van der Waals surface area contributed by atoms with E-state index in [-0.39, 0.29) is 18.3 Å². The number of hydrogen-bond acceptors (Lipinski definition) is 2. The second-order valence-corrected chi connectivity index (χ2v) is 5.58. The first-order valence-corrected chi connectivity index (χ1v) is 6.69. The van der Waals surface area contributed by atoms with Crippen LogP contribution in [0.15, 0.2) is 24.3 Å². The lowest BCUT2D eigenvalue weighted by Gasteiger charge is -2.39. The number of piperidine rings is 1. The minimum atomic E-state index is 0. The summed E-state index contributed by atoms with van der Waals surface area (Å²) < 4.78 is 0. The Morgan fingerprint density at radius 2 is 1.79 bits per heavy atom. The number of carbonyl (C=O) groups is 1. The van der Waals surface area contributed by atoms with Crippen molar-refractivity contribution < 1.29 is 4.79 Å². The van der Waals surface area contributed by atoms with Crippen molar-refractivity contribution in [2.24, 2.45) is 5.41 Å². The van der Waals surface area contributed by atoms with Crippen LogP contribution >= 0.6 is 12.4 Å². The van der Waals surface area contributed by atoms with Gasteiger partial charge in [-0.05, 0) is 42.5 Å². The van der Waals surface area contributed by atoms with Crippen molar-refractivity contribution in [3.8, 4) is 0 Å². The fourth-order valence-corrected chi connectivity index (χ4v) is 2.41. The van der Waals surface area contributed by atoms with E-state index >= 15 is 0 Å². The van der Waals surface area contributed by atoms with E-state index in [1.807, 2.05) is 17.0 Å². The lowest BCUT2D eigenvalue weighted by Crippen LogP contribution is -2.41. The molecule has 0 aromatic heterocycles. The molecule has 0 atom stereocenters. The molecule has 1 aliphatic heterocycles. The van der Waals surface area contributed by atoms with Crippen LogP contribution in [0.5, 0.6) is 0 Å². The highest BCUT2D eigenvalue weighted by Gasteiger charge is 2.30. The summed E-state index contributed by atoms with van der Waals surface area (Å²) in [6.45, 7) is 6.29. The molecule has 1 aromatic rings. The zero-order valence-corrected chi connectivity index (χ0v) is 12.5. The molecule has 0 unspecified atom stereocenters. The van der Waals surface area contributed by atoms with Gasteiger partial charge in [-0.1, -0.05) is 20.3 Å². The SMILES string of the molecule is CCC1(C)CCN(C(=O)c2ccc(N)cc2)CC1.Cl. The van der Waals surface area contributed by atoms with E-state index in [0.717, 1.165) is 31.5 Å². The smallest absolute Gasteiger partial charge is 0.253 e. The Morgan fingerprint density at radius 3 is 2.26 bits per heavy atom. The van der Waals surface area contributed by atoms with Gasteiger partial charge in [-0.25, -0.2) is 0 Å². The average Bonchev–Trinajstić information content (AvgIpc) is 2.40. The third kappa shape index (κ3) is 3.63. The third-order valence-corrected chi connectivity index (χ3v) is 4.27. The Kier molecular flexibility index (Phi) is 5.24. The van der Waals surface area contributed by atoms with E-state index in [1.54, 1.807) is 12.1 Å². The van der Waals surface area contributed by atoms with Gasteiger partial charge in [0, 0.05) is 24.3 Å². The van der Waals surface area contributed by atoms with Gasteiger partial charge >= 0.3 is 0 Å². The molecule has 1 aromatic carbocycles. The highest BCUT2D eigenvalue weighted by atomic mass is 35.5. The van der Waals surface area contributed by atoms with Crippen LogP contribution in [0.25, 0.3) is 0 Å². The zero-order valence-electron chi connectivity index (χ0n) is 11.7. The van der Waals surface area contributed by atoms with E-state index in [4.69, 9.17) is 5.73 Å². The van der Waals surface area contributed by atoms with E-state index in [0.29, 0.717) is 11.1 Å². The number of hydrogen-bond donors (Lipinski definition) is 1. The molecule has 0 saturated carbocycles. The van der Waals surface area contributed by atoms with Crippen LogP contribution in [0.1, 0.15) is 43.5 Å². The standard InChI is InChI=1S/C15H22N2O.ClH/c1-3-15(2)8-10-17(11-9-15)14(18)12-4-6-13(16)7-5-12;/h4-7H,3,8-11,16H2,1-2H3;1H. The maximum absolute atomic E-state index is 12.3. The lowest BCUT2D eigenvalue weighted by atomic mass is 9.78. The largest absolute Gasteiger partial charge is 0.399 e. The molecule has 1 aliphatic rings. The molecular weight excluding hydrogens is 260 g/mol. The van der Waals surface area contributed by atoms with Crippen molar-refractivity contribution in [1.82, 2.24) is 4.90 Å². The average molecular weight is 283 g/mol. The van der Waals surface area contributed by atoms with Crippen LogP contribution in [0.2, 0.25) is 0 Å². The molecule has 1 amide bonds. The summed E-state index contributed by atoms with van der Waals surface area (Å²) in [6.07, 6.45) is 3.39. The quantitative estimate of drug-likeness (QED) is 0.846. The number of rotatable bonds is 2. The molecule has 3 nitrogen and oxygen atoms in total. The van der Waals surface area contributed by atoms with Crippen molar-refractivity contribution >= 4 is 24.0 Å². The Labute approximate surface area is 121 Å². The van der Waals surface area contributed by atoms with E-state index in [9.17, 15) is 4.79 Å². The van der Waals surface area contributed by atoms with Crippen LogP contribution in [0, 0.1) is 5.41 Å². The first kappa shape index (κ1) is 15.8. The Hall–Kier alpha value is -1.22. The molecule has 2 N–H and O–H groups in total. The van der Waals surface area contributed by atoms with Gasteiger partial charge in [0.05, 0.1) is 0 Å². The lowest BCUT2D eigenvalue weighted by molar-refractivity contribution is 0.0600. The number of nitrogen functional groups attached to an aromatic ring is 1. The second-order valence-electron chi connectivity index (χ2n) is 5.58. The number of amides is 1. The molecule has 1 fully saturated rings. The summed E-state index contributed by atoms with van der Waals surface area (Å²) in [5.74, 6) is 0.133. The highest BCUT2D eigenvalue weighted by molar-refractivity contribution is 5.94. The molecule has 106 valence electrons. The zero-order chi connectivity index (χ0) is 13.2. The predicted octanol–water partition coefficient (Wildman–Crippen LogP) is 3.34. The number of nitrogens with zero attached hydrogens (tertiary/aromatic N) is 1. The maximum atomic E-state index is 12.3. The Morgan fingerprint density at radius 1 is 1.26 bits per heavy atom. The van der Waals surface area contributed by atoms with Gasteiger partial charge in [0.25, 0.3) is 5.91 Å². The molecule has 0 aliphatic carbocycles. The monoisotopic (exact) mass is 282 g/mol. The van der Waals surface area contributed by atoms with Crippen molar-refractivity contribution in [2.45, 2.75) is 33.1 Å².